The van der Waals surface area contributed by atoms with Crippen LogP contribution in [0.2, 0.25) is 0 Å². The summed E-state index contributed by atoms with van der Waals surface area (Å²) in [5, 5.41) is 17.6. The van der Waals surface area contributed by atoms with Gasteiger partial charge in [-0.25, -0.2) is 14.4 Å². The second-order valence-corrected chi connectivity index (χ2v) is 9.83. The maximum Gasteiger partial charge on any atom is 0.270 e. The van der Waals surface area contributed by atoms with Crippen LogP contribution in [0.4, 0.5) is 22.0 Å². The van der Waals surface area contributed by atoms with Gasteiger partial charge in [0, 0.05) is 36.6 Å². The van der Waals surface area contributed by atoms with Gasteiger partial charge in [0.05, 0.1) is 12.6 Å². The molecule has 4 rings (SSSR count). The molecule has 9 nitrogen and oxygen atoms in total. The van der Waals surface area contributed by atoms with Crippen molar-refractivity contribution < 1.29 is 14.3 Å². The first-order chi connectivity index (χ1) is 16.5. The van der Waals surface area contributed by atoms with Crippen molar-refractivity contribution >= 4 is 34.3 Å². The lowest BCUT2D eigenvalue weighted by molar-refractivity contribution is -0.00860. The molecular weight excluding hydrogens is 449 g/mol. The second kappa shape index (κ2) is 9.69. The number of hydrogen-bond donors (Lipinski definition) is 3. The van der Waals surface area contributed by atoms with Gasteiger partial charge >= 0.3 is 0 Å². The maximum absolute atomic E-state index is 14.7. The molecule has 1 saturated heterocycles. The zero-order valence-electron chi connectivity index (χ0n) is 20.7. The molecule has 10 heteroatoms. The number of aliphatic hydroxyl groups is 1. The van der Waals surface area contributed by atoms with Gasteiger partial charge in [0.15, 0.2) is 5.67 Å². The van der Waals surface area contributed by atoms with Crippen molar-refractivity contribution in [1.82, 2.24) is 25.3 Å². The normalized spacial score (nSPS) is 20.5. The first kappa shape index (κ1) is 24.7. The van der Waals surface area contributed by atoms with Crippen LogP contribution in [0.15, 0.2) is 30.7 Å². The Morgan fingerprint density at radius 2 is 1.94 bits per heavy atom. The molecule has 1 amide bonds. The molecule has 0 saturated carbocycles. The van der Waals surface area contributed by atoms with Crippen LogP contribution in [0.5, 0.6) is 0 Å². The Balaban J connectivity index is 1.64. The summed E-state index contributed by atoms with van der Waals surface area (Å²) in [5.41, 5.74) is -0.390. The molecule has 0 unspecified atom stereocenters. The summed E-state index contributed by atoms with van der Waals surface area (Å²) < 4.78 is 14.7. The first-order valence-electron chi connectivity index (χ1n) is 11.9. The number of aliphatic hydroxyl groups excluding tert-OH is 1. The third-order valence-electron chi connectivity index (χ3n) is 6.11. The van der Waals surface area contributed by atoms with Crippen molar-refractivity contribution in [2.45, 2.75) is 64.8 Å². The lowest BCUT2D eigenvalue weighted by Gasteiger charge is -2.38. The largest absolute Gasteiger partial charge is 0.390 e. The predicted molar refractivity (Wildman–Crippen MR) is 134 cm³/mol. The number of pyridine rings is 2. The average Bonchev–Trinajstić information content (AvgIpc) is 2.79. The highest BCUT2D eigenvalue weighted by atomic mass is 19.1. The van der Waals surface area contributed by atoms with Gasteiger partial charge in [-0.1, -0.05) is 13.8 Å². The summed E-state index contributed by atoms with van der Waals surface area (Å²) in [6.45, 7) is 9.81. The Kier molecular flexibility index (Phi) is 6.84. The molecule has 0 radical (unpaired) electrons. The third-order valence-corrected chi connectivity index (χ3v) is 6.11. The molecule has 0 aromatic carbocycles. The standard InChI is InChI=1S/C25H32FN7O2/c1-14(2)17-11-29-22(23(35)30-15(3)4)18-12-28-21(10-16(17)18)31-20-6-8-27-24(32-20)33-9-7-19(34)25(5,26)13-33/h6,8,10-12,14-15,19,34H,7,9,13H2,1-5H3,(H,30,35)(H,27,28,31,32)/t19-,25+/m1/s1. The van der Waals surface area contributed by atoms with Crippen LogP contribution in [-0.4, -0.2) is 61.9 Å². The van der Waals surface area contributed by atoms with Crippen molar-refractivity contribution in [2.24, 2.45) is 0 Å². The number of hydrogen-bond acceptors (Lipinski definition) is 8. The van der Waals surface area contributed by atoms with Crippen LogP contribution in [0.25, 0.3) is 10.8 Å². The predicted octanol–water partition coefficient (Wildman–Crippen LogP) is 3.72. The summed E-state index contributed by atoms with van der Waals surface area (Å²) >= 11 is 0. The number of rotatable bonds is 6. The lowest BCUT2D eigenvalue weighted by Crippen LogP contribution is -2.52. The molecule has 0 spiro atoms. The molecule has 3 aromatic heterocycles. The van der Waals surface area contributed by atoms with Gasteiger partial charge in [0.1, 0.15) is 17.3 Å². The van der Waals surface area contributed by atoms with Gasteiger partial charge in [0.2, 0.25) is 5.95 Å². The molecule has 3 N–H and O–H groups in total. The van der Waals surface area contributed by atoms with Crippen LogP contribution < -0.4 is 15.5 Å². The van der Waals surface area contributed by atoms with Crippen molar-refractivity contribution in [3.63, 3.8) is 0 Å². The molecule has 3 aromatic rings. The first-order valence-corrected chi connectivity index (χ1v) is 11.9. The topological polar surface area (TPSA) is 116 Å². The summed E-state index contributed by atoms with van der Waals surface area (Å²) in [6, 6.07) is 3.58. The van der Waals surface area contributed by atoms with E-state index in [0.717, 1.165) is 10.9 Å². The average molecular weight is 482 g/mol. The quantitative estimate of drug-likeness (QED) is 0.488. The summed E-state index contributed by atoms with van der Waals surface area (Å²) in [4.78, 5) is 32.2. The monoisotopic (exact) mass is 481 g/mol. The van der Waals surface area contributed by atoms with Crippen LogP contribution in [-0.2, 0) is 0 Å². The van der Waals surface area contributed by atoms with E-state index >= 15 is 0 Å². The molecule has 4 heterocycles. The SMILES string of the molecule is CC(C)NC(=O)c1ncc(C(C)C)c2cc(Nc3ccnc(N4CC[C@@H](O)[C@@](C)(F)C4)n3)ncc12. The van der Waals surface area contributed by atoms with E-state index in [0.29, 0.717) is 41.6 Å². The Hall–Kier alpha value is -3.40. The number of aromatic nitrogens is 4. The number of piperidine rings is 1. The molecule has 1 aliphatic rings. The van der Waals surface area contributed by atoms with Crippen molar-refractivity contribution in [3.05, 3.63) is 42.0 Å². The van der Waals surface area contributed by atoms with Gasteiger partial charge < -0.3 is 20.6 Å². The number of halogens is 1. The smallest absolute Gasteiger partial charge is 0.270 e. The van der Waals surface area contributed by atoms with Crippen molar-refractivity contribution in [1.29, 1.82) is 0 Å². The van der Waals surface area contributed by atoms with Crippen LogP contribution in [0.3, 0.4) is 0 Å². The fraction of sp³-hybridized carbons (Fsp3) is 0.480. The Morgan fingerprint density at radius 1 is 1.17 bits per heavy atom. The summed E-state index contributed by atoms with van der Waals surface area (Å²) in [6.07, 6.45) is 4.30. The van der Waals surface area contributed by atoms with Crippen molar-refractivity contribution in [2.75, 3.05) is 23.3 Å². The van der Waals surface area contributed by atoms with E-state index in [9.17, 15) is 14.3 Å². The zero-order chi connectivity index (χ0) is 25.3. The number of amides is 1. The van der Waals surface area contributed by atoms with Gasteiger partial charge in [0.25, 0.3) is 5.91 Å². The zero-order valence-corrected chi connectivity index (χ0v) is 20.7. The fourth-order valence-electron chi connectivity index (χ4n) is 4.21. The van der Waals surface area contributed by atoms with E-state index in [2.05, 4.69) is 44.4 Å². The van der Waals surface area contributed by atoms with E-state index in [1.54, 1.807) is 29.6 Å². The fourth-order valence-corrected chi connectivity index (χ4v) is 4.21. The minimum absolute atomic E-state index is 0.0107. The summed E-state index contributed by atoms with van der Waals surface area (Å²) in [7, 11) is 0. The number of nitrogens with zero attached hydrogens (tertiary/aromatic N) is 5. The highest BCUT2D eigenvalue weighted by Crippen LogP contribution is 2.30. The van der Waals surface area contributed by atoms with Gasteiger partial charge in [-0.2, -0.15) is 4.98 Å². The minimum atomic E-state index is -1.73. The van der Waals surface area contributed by atoms with Gasteiger partial charge in [-0.3, -0.25) is 9.78 Å². The van der Waals surface area contributed by atoms with E-state index < -0.39 is 11.8 Å². The molecule has 1 fully saturated rings. The highest BCUT2D eigenvalue weighted by molar-refractivity contribution is 6.06. The number of carbonyl (C=O) groups is 1. The van der Waals surface area contributed by atoms with Crippen LogP contribution >= 0.6 is 0 Å². The van der Waals surface area contributed by atoms with Crippen LogP contribution in [0.1, 0.15) is 63.0 Å². The van der Waals surface area contributed by atoms with Gasteiger partial charge in [-0.05, 0) is 56.2 Å². The molecule has 35 heavy (non-hydrogen) atoms. The van der Waals surface area contributed by atoms with Crippen molar-refractivity contribution in [3.8, 4) is 0 Å². The highest BCUT2D eigenvalue weighted by Gasteiger charge is 2.39. The van der Waals surface area contributed by atoms with Crippen LogP contribution in [0, 0.1) is 0 Å². The van der Waals surface area contributed by atoms with E-state index in [1.807, 2.05) is 19.9 Å². The molecule has 2 atom stereocenters. The molecular formula is C25H32FN7O2. The van der Waals surface area contributed by atoms with E-state index in [1.165, 1.54) is 6.92 Å². The molecule has 1 aliphatic heterocycles. The number of alkyl halides is 1. The second-order valence-electron chi connectivity index (χ2n) is 9.83. The summed E-state index contributed by atoms with van der Waals surface area (Å²) in [5.74, 6) is 1.39. The van der Waals surface area contributed by atoms with E-state index in [-0.39, 0.29) is 24.4 Å². The Morgan fingerprint density at radius 3 is 2.63 bits per heavy atom. The maximum atomic E-state index is 14.7. The lowest BCUT2D eigenvalue weighted by atomic mass is 9.94. The number of nitrogens with one attached hydrogen (secondary N) is 2. The van der Waals surface area contributed by atoms with E-state index in [4.69, 9.17) is 0 Å². The molecule has 0 bridgehead atoms. The Labute approximate surface area is 204 Å². The Bertz CT molecular complexity index is 1230. The number of anilines is 3. The van der Waals surface area contributed by atoms with Gasteiger partial charge in [-0.15, -0.1) is 0 Å². The number of fused-ring (bicyclic) bond motifs is 1. The third kappa shape index (κ3) is 5.32. The number of carbonyl (C=O) groups excluding carboxylic acids is 1. The molecule has 186 valence electrons. The minimum Gasteiger partial charge on any atom is -0.390 e. The molecule has 0 aliphatic carbocycles.